The molecule has 0 fully saturated rings. The van der Waals surface area contributed by atoms with Crippen molar-refractivity contribution in [1.29, 1.82) is 0 Å². The van der Waals surface area contributed by atoms with Gasteiger partial charge in [-0.15, -0.1) is 0 Å². The standard InChI is InChI=1S/C14H25N3O2/c1-10(2)17(7-6-8-18)14(19)9-13-11(3)15-16(5)12(13)4/h10,18H,6-9H2,1-5H3. The highest BCUT2D eigenvalue weighted by atomic mass is 16.3. The Bertz CT molecular complexity index is 438. The largest absolute Gasteiger partial charge is 0.396 e. The van der Waals surface area contributed by atoms with Gasteiger partial charge in [0.15, 0.2) is 0 Å². The van der Waals surface area contributed by atoms with E-state index in [1.807, 2.05) is 44.3 Å². The maximum atomic E-state index is 12.4. The molecule has 0 atom stereocenters. The average molecular weight is 267 g/mol. The lowest BCUT2D eigenvalue weighted by Crippen LogP contribution is -2.39. The molecule has 0 bridgehead atoms. The quantitative estimate of drug-likeness (QED) is 0.842. The highest BCUT2D eigenvalue weighted by Gasteiger charge is 2.20. The first-order chi connectivity index (χ1) is 8.88. The van der Waals surface area contributed by atoms with Gasteiger partial charge in [0.05, 0.1) is 12.1 Å². The maximum Gasteiger partial charge on any atom is 0.227 e. The summed E-state index contributed by atoms with van der Waals surface area (Å²) in [5, 5.41) is 13.2. The molecule has 1 aromatic rings. The zero-order chi connectivity index (χ0) is 14.6. The Morgan fingerprint density at radius 2 is 2.05 bits per heavy atom. The third kappa shape index (κ3) is 3.80. The summed E-state index contributed by atoms with van der Waals surface area (Å²) in [6.45, 7) is 8.63. The van der Waals surface area contributed by atoms with Gasteiger partial charge < -0.3 is 10.0 Å². The van der Waals surface area contributed by atoms with E-state index in [-0.39, 0.29) is 18.6 Å². The Hall–Kier alpha value is -1.36. The van der Waals surface area contributed by atoms with Crippen molar-refractivity contribution in [3.8, 4) is 0 Å². The summed E-state index contributed by atoms with van der Waals surface area (Å²) in [6.07, 6.45) is 1.00. The van der Waals surface area contributed by atoms with E-state index in [0.29, 0.717) is 19.4 Å². The molecule has 108 valence electrons. The number of hydrogen-bond donors (Lipinski definition) is 1. The molecule has 19 heavy (non-hydrogen) atoms. The molecular formula is C14H25N3O2. The topological polar surface area (TPSA) is 58.4 Å². The van der Waals surface area contributed by atoms with Gasteiger partial charge >= 0.3 is 0 Å². The van der Waals surface area contributed by atoms with Crippen LogP contribution in [0.3, 0.4) is 0 Å². The Kier molecular flexibility index (Phi) is 5.54. The fraction of sp³-hybridized carbons (Fsp3) is 0.714. The van der Waals surface area contributed by atoms with Crippen molar-refractivity contribution in [1.82, 2.24) is 14.7 Å². The average Bonchev–Trinajstić information content (AvgIpc) is 2.56. The third-order valence-corrected chi connectivity index (χ3v) is 3.49. The highest BCUT2D eigenvalue weighted by molar-refractivity contribution is 5.79. The lowest BCUT2D eigenvalue weighted by Gasteiger charge is -2.26. The molecule has 1 heterocycles. The zero-order valence-corrected chi connectivity index (χ0v) is 12.6. The normalized spacial score (nSPS) is 11.1. The number of aromatic nitrogens is 2. The molecule has 1 amide bonds. The van der Waals surface area contributed by atoms with Crippen LogP contribution >= 0.6 is 0 Å². The summed E-state index contributed by atoms with van der Waals surface area (Å²) in [4.78, 5) is 14.2. The zero-order valence-electron chi connectivity index (χ0n) is 12.6. The van der Waals surface area contributed by atoms with Crippen LogP contribution in [0.4, 0.5) is 0 Å². The fourth-order valence-corrected chi connectivity index (χ4v) is 2.24. The molecule has 1 N–H and O–H groups in total. The molecule has 0 saturated heterocycles. The number of carbonyl (C=O) groups is 1. The molecule has 0 aliphatic rings. The summed E-state index contributed by atoms with van der Waals surface area (Å²) in [5.74, 6) is 0.0997. The minimum absolute atomic E-state index is 0.0997. The van der Waals surface area contributed by atoms with Gasteiger partial charge in [0.1, 0.15) is 0 Å². The van der Waals surface area contributed by atoms with E-state index in [1.165, 1.54) is 0 Å². The van der Waals surface area contributed by atoms with Crippen LogP contribution in [0.5, 0.6) is 0 Å². The van der Waals surface area contributed by atoms with E-state index in [1.54, 1.807) is 0 Å². The minimum atomic E-state index is 0.0997. The fourth-order valence-electron chi connectivity index (χ4n) is 2.24. The van der Waals surface area contributed by atoms with Gasteiger partial charge in [0.2, 0.25) is 5.91 Å². The summed E-state index contributed by atoms with van der Waals surface area (Å²) in [5.41, 5.74) is 2.97. The maximum absolute atomic E-state index is 12.4. The van der Waals surface area contributed by atoms with Crippen molar-refractivity contribution in [2.24, 2.45) is 7.05 Å². The minimum Gasteiger partial charge on any atom is -0.396 e. The van der Waals surface area contributed by atoms with Crippen LogP contribution in [0.25, 0.3) is 0 Å². The van der Waals surface area contributed by atoms with E-state index in [2.05, 4.69) is 5.10 Å². The van der Waals surface area contributed by atoms with Crippen LogP contribution in [-0.2, 0) is 18.3 Å². The second-order valence-electron chi connectivity index (χ2n) is 5.21. The Balaban J connectivity index is 2.81. The molecule has 5 nitrogen and oxygen atoms in total. The molecule has 0 spiro atoms. The van der Waals surface area contributed by atoms with Gasteiger partial charge in [-0.3, -0.25) is 9.48 Å². The SMILES string of the molecule is Cc1nn(C)c(C)c1CC(=O)N(CCCO)C(C)C. The van der Waals surface area contributed by atoms with Gasteiger partial charge in [-0.25, -0.2) is 0 Å². The Morgan fingerprint density at radius 3 is 2.47 bits per heavy atom. The molecule has 0 saturated carbocycles. The van der Waals surface area contributed by atoms with Crippen LogP contribution in [-0.4, -0.2) is 44.9 Å². The lowest BCUT2D eigenvalue weighted by atomic mass is 10.1. The number of carbonyl (C=O) groups excluding carboxylic acids is 1. The number of hydrogen-bond acceptors (Lipinski definition) is 3. The number of amides is 1. The molecule has 5 heteroatoms. The number of aliphatic hydroxyl groups is 1. The van der Waals surface area contributed by atoms with Crippen molar-refractivity contribution < 1.29 is 9.90 Å². The first kappa shape index (κ1) is 15.7. The summed E-state index contributed by atoms with van der Waals surface area (Å²) in [7, 11) is 1.89. The second kappa shape index (κ2) is 6.70. The number of aryl methyl sites for hydroxylation is 2. The molecule has 0 aromatic carbocycles. The van der Waals surface area contributed by atoms with Crippen LogP contribution in [0.1, 0.15) is 37.2 Å². The van der Waals surface area contributed by atoms with E-state index in [0.717, 1.165) is 17.0 Å². The Morgan fingerprint density at radius 1 is 1.42 bits per heavy atom. The van der Waals surface area contributed by atoms with Crippen molar-refractivity contribution in [3.63, 3.8) is 0 Å². The number of nitrogens with zero attached hydrogens (tertiary/aromatic N) is 3. The number of aliphatic hydroxyl groups excluding tert-OH is 1. The van der Waals surface area contributed by atoms with Crippen molar-refractivity contribution in [2.75, 3.05) is 13.2 Å². The van der Waals surface area contributed by atoms with Gasteiger partial charge in [0.25, 0.3) is 0 Å². The molecule has 0 radical (unpaired) electrons. The summed E-state index contributed by atoms with van der Waals surface area (Å²) >= 11 is 0. The van der Waals surface area contributed by atoms with Gasteiger partial charge in [0, 0.05) is 37.5 Å². The van der Waals surface area contributed by atoms with Crippen molar-refractivity contribution in [2.45, 2.75) is 46.6 Å². The molecule has 1 aromatic heterocycles. The lowest BCUT2D eigenvalue weighted by molar-refractivity contribution is -0.132. The third-order valence-electron chi connectivity index (χ3n) is 3.49. The van der Waals surface area contributed by atoms with Gasteiger partial charge in [-0.2, -0.15) is 5.10 Å². The first-order valence-corrected chi connectivity index (χ1v) is 6.77. The van der Waals surface area contributed by atoms with Crippen molar-refractivity contribution >= 4 is 5.91 Å². The van der Waals surface area contributed by atoms with Crippen LogP contribution in [0, 0.1) is 13.8 Å². The monoisotopic (exact) mass is 267 g/mol. The van der Waals surface area contributed by atoms with Crippen LogP contribution in [0.2, 0.25) is 0 Å². The number of rotatable bonds is 6. The smallest absolute Gasteiger partial charge is 0.227 e. The summed E-state index contributed by atoms with van der Waals surface area (Å²) in [6, 6.07) is 0.149. The van der Waals surface area contributed by atoms with Gasteiger partial charge in [-0.1, -0.05) is 0 Å². The predicted octanol–water partition coefficient (Wildman–Crippen LogP) is 1.20. The van der Waals surface area contributed by atoms with E-state index >= 15 is 0 Å². The highest BCUT2D eigenvalue weighted by Crippen LogP contribution is 2.14. The van der Waals surface area contributed by atoms with Crippen LogP contribution in [0.15, 0.2) is 0 Å². The molecule has 0 unspecified atom stereocenters. The second-order valence-corrected chi connectivity index (χ2v) is 5.21. The molecule has 1 rings (SSSR count). The molecular weight excluding hydrogens is 242 g/mol. The van der Waals surface area contributed by atoms with E-state index in [4.69, 9.17) is 5.11 Å². The van der Waals surface area contributed by atoms with E-state index < -0.39 is 0 Å². The molecule has 0 aliphatic heterocycles. The van der Waals surface area contributed by atoms with Crippen molar-refractivity contribution in [3.05, 3.63) is 17.0 Å². The predicted molar refractivity (Wildman–Crippen MR) is 74.9 cm³/mol. The Labute approximate surface area is 115 Å². The van der Waals surface area contributed by atoms with Crippen LogP contribution < -0.4 is 0 Å². The summed E-state index contributed by atoms with van der Waals surface area (Å²) < 4.78 is 1.81. The van der Waals surface area contributed by atoms with Gasteiger partial charge in [-0.05, 0) is 34.1 Å². The van der Waals surface area contributed by atoms with E-state index in [9.17, 15) is 4.79 Å². The first-order valence-electron chi connectivity index (χ1n) is 6.77. The molecule has 0 aliphatic carbocycles.